The van der Waals surface area contributed by atoms with Crippen molar-refractivity contribution in [2.75, 3.05) is 5.32 Å². The van der Waals surface area contributed by atoms with E-state index in [0.29, 0.717) is 27.2 Å². The Balaban J connectivity index is 1.67. The number of rotatable bonds is 5. The van der Waals surface area contributed by atoms with E-state index in [-0.39, 0.29) is 5.91 Å². The van der Waals surface area contributed by atoms with Crippen LogP contribution in [0.5, 0.6) is 5.75 Å². The van der Waals surface area contributed by atoms with E-state index in [1.807, 2.05) is 31.4 Å². The molecule has 2 aromatic carbocycles. The van der Waals surface area contributed by atoms with Gasteiger partial charge in [0.25, 0.3) is 5.91 Å². The summed E-state index contributed by atoms with van der Waals surface area (Å²) in [6.07, 6.45) is 0. The van der Waals surface area contributed by atoms with Crippen LogP contribution in [0.2, 0.25) is 10.0 Å². The lowest BCUT2D eigenvalue weighted by Gasteiger charge is -2.11. The SMILES string of the molecule is Cc1cc(C)c(C)c(OCc2csc(C(=O)Nc3ccc(Cl)cc3Cl)c2)c1. The number of halogens is 2. The summed E-state index contributed by atoms with van der Waals surface area (Å²) in [5.41, 5.74) is 4.98. The minimum absolute atomic E-state index is 0.210. The Morgan fingerprint density at radius 2 is 1.89 bits per heavy atom. The molecule has 0 aliphatic rings. The van der Waals surface area contributed by atoms with Crippen molar-refractivity contribution in [3.63, 3.8) is 0 Å². The standard InChI is InChI=1S/C21H19Cl2NO2S/c1-12-6-13(2)14(3)19(7-12)26-10-15-8-20(27-11-15)21(25)24-18-5-4-16(22)9-17(18)23/h4-9,11H,10H2,1-3H3,(H,24,25). The third kappa shape index (κ3) is 4.83. The number of carbonyl (C=O) groups is 1. The van der Waals surface area contributed by atoms with Crippen molar-refractivity contribution in [1.29, 1.82) is 0 Å². The molecule has 6 heteroatoms. The summed E-state index contributed by atoms with van der Waals surface area (Å²) in [7, 11) is 0. The Labute approximate surface area is 172 Å². The molecular weight excluding hydrogens is 401 g/mol. The molecule has 0 unspecified atom stereocenters. The van der Waals surface area contributed by atoms with Gasteiger partial charge in [0.1, 0.15) is 12.4 Å². The summed E-state index contributed by atoms with van der Waals surface area (Å²) < 4.78 is 5.97. The maximum absolute atomic E-state index is 12.4. The van der Waals surface area contributed by atoms with Gasteiger partial charge >= 0.3 is 0 Å². The first-order valence-electron chi connectivity index (χ1n) is 8.38. The molecule has 0 fully saturated rings. The average molecular weight is 420 g/mol. The summed E-state index contributed by atoms with van der Waals surface area (Å²) in [5.74, 6) is 0.663. The van der Waals surface area contributed by atoms with E-state index in [0.717, 1.165) is 16.9 Å². The smallest absolute Gasteiger partial charge is 0.265 e. The molecule has 0 saturated carbocycles. The zero-order valence-corrected chi connectivity index (χ0v) is 17.6. The van der Waals surface area contributed by atoms with Crippen LogP contribution in [0.1, 0.15) is 31.9 Å². The van der Waals surface area contributed by atoms with Crippen molar-refractivity contribution >= 4 is 46.1 Å². The summed E-state index contributed by atoms with van der Waals surface area (Å²) >= 11 is 13.4. The van der Waals surface area contributed by atoms with Crippen LogP contribution in [0.25, 0.3) is 0 Å². The van der Waals surface area contributed by atoms with Gasteiger partial charge in [0.05, 0.1) is 15.6 Å². The Bertz CT molecular complexity index is 998. The van der Waals surface area contributed by atoms with E-state index in [9.17, 15) is 4.79 Å². The van der Waals surface area contributed by atoms with E-state index >= 15 is 0 Å². The van der Waals surface area contributed by atoms with Crippen molar-refractivity contribution < 1.29 is 9.53 Å². The highest BCUT2D eigenvalue weighted by Gasteiger charge is 2.12. The van der Waals surface area contributed by atoms with Gasteiger partial charge in [0.15, 0.2) is 0 Å². The lowest BCUT2D eigenvalue weighted by Crippen LogP contribution is -2.10. The van der Waals surface area contributed by atoms with Gasteiger partial charge in [-0.05, 0) is 73.2 Å². The minimum atomic E-state index is -0.210. The van der Waals surface area contributed by atoms with Gasteiger partial charge in [-0.15, -0.1) is 11.3 Å². The number of amides is 1. The normalized spacial score (nSPS) is 10.7. The van der Waals surface area contributed by atoms with Crippen LogP contribution in [0, 0.1) is 20.8 Å². The van der Waals surface area contributed by atoms with E-state index in [1.165, 1.54) is 22.5 Å². The lowest BCUT2D eigenvalue weighted by molar-refractivity contribution is 0.103. The van der Waals surface area contributed by atoms with E-state index < -0.39 is 0 Å². The van der Waals surface area contributed by atoms with Crippen LogP contribution in [0.15, 0.2) is 41.8 Å². The summed E-state index contributed by atoms with van der Waals surface area (Å²) in [4.78, 5) is 13.0. The highest BCUT2D eigenvalue weighted by molar-refractivity contribution is 7.12. The first kappa shape index (κ1) is 19.7. The molecule has 0 saturated heterocycles. The quantitative estimate of drug-likeness (QED) is 0.492. The van der Waals surface area contributed by atoms with Gasteiger partial charge in [-0.2, -0.15) is 0 Å². The first-order valence-corrected chi connectivity index (χ1v) is 10.0. The molecule has 1 aromatic heterocycles. The zero-order valence-electron chi connectivity index (χ0n) is 15.2. The highest BCUT2D eigenvalue weighted by atomic mass is 35.5. The fraction of sp³-hybridized carbons (Fsp3) is 0.190. The number of benzene rings is 2. The van der Waals surface area contributed by atoms with E-state index in [1.54, 1.807) is 18.2 Å². The van der Waals surface area contributed by atoms with Crippen molar-refractivity contribution in [2.45, 2.75) is 27.4 Å². The Hall–Kier alpha value is -2.01. The Morgan fingerprint density at radius 3 is 2.63 bits per heavy atom. The molecule has 3 rings (SSSR count). The Kier molecular flexibility index (Phi) is 6.10. The topological polar surface area (TPSA) is 38.3 Å². The molecule has 3 nitrogen and oxygen atoms in total. The van der Waals surface area contributed by atoms with Crippen LogP contribution in [-0.2, 0) is 6.61 Å². The third-order valence-electron chi connectivity index (χ3n) is 4.22. The molecule has 0 bridgehead atoms. The lowest BCUT2D eigenvalue weighted by atomic mass is 10.1. The van der Waals surface area contributed by atoms with Crippen molar-refractivity contribution in [1.82, 2.24) is 0 Å². The second-order valence-corrected chi connectivity index (χ2v) is 8.15. The van der Waals surface area contributed by atoms with Crippen LogP contribution < -0.4 is 10.1 Å². The second-order valence-electron chi connectivity index (χ2n) is 6.39. The number of nitrogens with one attached hydrogen (secondary N) is 1. The van der Waals surface area contributed by atoms with Gasteiger partial charge in [0, 0.05) is 10.6 Å². The summed E-state index contributed by atoms with van der Waals surface area (Å²) in [5, 5.41) is 5.66. The van der Waals surface area contributed by atoms with Gasteiger partial charge in [-0.1, -0.05) is 29.3 Å². The molecule has 27 heavy (non-hydrogen) atoms. The maximum atomic E-state index is 12.4. The Morgan fingerprint density at radius 1 is 1.11 bits per heavy atom. The number of aryl methyl sites for hydroxylation is 2. The number of thiophene rings is 1. The number of ether oxygens (including phenoxy) is 1. The number of hydrogen-bond donors (Lipinski definition) is 1. The van der Waals surface area contributed by atoms with E-state index in [4.69, 9.17) is 27.9 Å². The number of carbonyl (C=O) groups excluding carboxylic acids is 1. The molecule has 0 aliphatic carbocycles. The fourth-order valence-electron chi connectivity index (χ4n) is 2.66. The van der Waals surface area contributed by atoms with Crippen LogP contribution >= 0.6 is 34.5 Å². The molecule has 1 amide bonds. The predicted molar refractivity (Wildman–Crippen MR) is 114 cm³/mol. The zero-order chi connectivity index (χ0) is 19.6. The summed E-state index contributed by atoms with van der Waals surface area (Å²) in [6, 6.07) is 11.0. The second kappa shape index (κ2) is 8.34. The number of hydrogen-bond acceptors (Lipinski definition) is 3. The molecule has 0 aliphatic heterocycles. The molecule has 140 valence electrons. The molecule has 3 aromatic rings. The molecule has 1 heterocycles. The third-order valence-corrected chi connectivity index (χ3v) is 5.74. The van der Waals surface area contributed by atoms with Gasteiger partial charge in [0.2, 0.25) is 0 Å². The van der Waals surface area contributed by atoms with Gasteiger partial charge in [-0.25, -0.2) is 0 Å². The van der Waals surface area contributed by atoms with Gasteiger partial charge < -0.3 is 10.1 Å². The van der Waals surface area contributed by atoms with Gasteiger partial charge in [-0.3, -0.25) is 4.79 Å². The molecule has 0 radical (unpaired) electrons. The van der Waals surface area contributed by atoms with Crippen LogP contribution in [-0.4, -0.2) is 5.91 Å². The molecule has 0 atom stereocenters. The van der Waals surface area contributed by atoms with Crippen LogP contribution in [0.4, 0.5) is 5.69 Å². The maximum Gasteiger partial charge on any atom is 0.265 e. The average Bonchev–Trinajstić information content (AvgIpc) is 3.08. The van der Waals surface area contributed by atoms with E-state index in [2.05, 4.69) is 18.3 Å². The predicted octanol–water partition coefficient (Wildman–Crippen LogP) is 6.81. The largest absolute Gasteiger partial charge is 0.489 e. The van der Waals surface area contributed by atoms with Crippen LogP contribution in [0.3, 0.4) is 0 Å². The fourth-order valence-corrected chi connectivity index (χ4v) is 3.90. The highest BCUT2D eigenvalue weighted by Crippen LogP contribution is 2.27. The first-order chi connectivity index (χ1) is 12.8. The van der Waals surface area contributed by atoms with Crippen molar-refractivity contribution in [2.24, 2.45) is 0 Å². The minimum Gasteiger partial charge on any atom is -0.489 e. The molecule has 0 spiro atoms. The van der Waals surface area contributed by atoms with Crippen molar-refractivity contribution in [3.8, 4) is 5.75 Å². The molecule has 1 N–H and O–H groups in total. The number of anilines is 1. The molecular formula is C21H19Cl2NO2S. The monoisotopic (exact) mass is 419 g/mol. The summed E-state index contributed by atoms with van der Waals surface area (Å²) in [6.45, 7) is 6.58. The van der Waals surface area contributed by atoms with Crippen molar-refractivity contribution in [3.05, 3.63) is 79.0 Å².